The molecule has 3 nitrogen and oxygen atoms in total. The molecule has 0 spiro atoms. The van der Waals surface area contributed by atoms with Crippen LogP contribution in [0.2, 0.25) is 0 Å². The molecule has 0 amide bonds. The molecular weight excluding hydrogens is 368 g/mol. The van der Waals surface area contributed by atoms with Gasteiger partial charge in [0.05, 0.1) is 17.3 Å². The third-order valence-electron chi connectivity index (χ3n) is 5.53. The second kappa shape index (κ2) is 7.17. The lowest BCUT2D eigenvalue weighted by Crippen LogP contribution is -1.90. The summed E-state index contributed by atoms with van der Waals surface area (Å²) >= 11 is 0. The Morgan fingerprint density at radius 2 is 1.70 bits per heavy atom. The van der Waals surface area contributed by atoms with Crippen molar-refractivity contribution in [2.45, 2.75) is 19.8 Å². The number of rotatable bonds is 3. The molecule has 5 aromatic rings. The molecule has 3 aromatic carbocycles. The molecule has 5 rings (SSSR count). The van der Waals surface area contributed by atoms with Crippen LogP contribution in [-0.4, -0.2) is 4.98 Å². The first-order valence-electron chi connectivity index (χ1n) is 10.1. The van der Waals surface area contributed by atoms with Gasteiger partial charge in [-0.1, -0.05) is 50.2 Å². The van der Waals surface area contributed by atoms with Gasteiger partial charge < -0.3 is 4.42 Å². The van der Waals surface area contributed by atoms with E-state index in [-0.39, 0.29) is 0 Å². The van der Waals surface area contributed by atoms with Crippen molar-refractivity contribution in [2.24, 2.45) is 0 Å². The molecule has 0 aliphatic rings. The fourth-order valence-electron chi connectivity index (χ4n) is 3.90. The standard InChI is InChI=1S/C27H20N2O/c1-17(2)20-10-11-29-25(14-20)21-8-9-22-24-13-18(16-28)12-23(19-6-4-3-5-7-19)27(24)30-26(22)15-21/h3-15,17H,1-2H3. The second-order valence-electron chi connectivity index (χ2n) is 7.82. The lowest BCUT2D eigenvalue weighted by atomic mass is 9.98. The molecule has 0 unspecified atom stereocenters. The first kappa shape index (κ1) is 18.1. The van der Waals surface area contributed by atoms with Crippen LogP contribution in [-0.2, 0) is 0 Å². The molecular formula is C27H20N2O. The molecule has 0 bridgehead atoms. The summed E-state index contributed by atoms with van der Waals surface area (Å²) in [5, 5.41) is 11.5. The van der Waals surface area contributed by atoms with E-state index < -0.39 is 0 Å². The van der Waals surface area contributed by atoms with Crippen LogP contribution in [0.4, 0.5) is 0 Å². The zero-order chi connectivity index (χ0) is 20.7. The molecule has 0 N–H and O–H groups in total. The van der Waals surface area contributed by atoms with Gasteiger partial charge in [-0.05, 0) is 53.4 Å². The number of hydrogen-bond donors (Lipinski definition) is 0. The van der Waals surface area contributed by atoms with Crippen LogP contribution < -0.4 is 0 Å². The second-order valence-corrected chi connectivity index (χ2v) is 7.82. The maximum atomic E-state index is 9.55. The Morgan fingerprint density at radius 1 is 0.867 bits per heavy atom. The molecule has 2 heterocycles. The lowest BCUT2D eigenvalue weighted by Gasteiger charge is -2.07. The Morgan fingerprint density at radius 3 is 2.47 bits per heavy atom. The van der Waals surface area contributed by atoms with Gasteiger partial charge in [-0.2, -0.15) is 5.26 Å². The number of benzene rings is 3. The number of furan rings is 1. The van der Waals surface area contributed by atoms with Gasteiger partial charge in [-0.25, -0.2) is 0 Å². The molecule has 0 aliphatic heterocycles. The van der Waals surface area contributed by atoms with Gasteiger partial charge in [0.2, 0.25) is 0 Å². The SMILES string of the molecule is CC(C)c1ccnc(-c2ccc3c(c2)oc2c(-c4ccccc4)cc(C#N)cc23)c1. The lowest BCUT2D eigenvalue weighted by molar-refractivity contribution is 0.670. The third kappa shape index (κ3) is 3.03. The smallest absolute Gasteiger partial charge is 0.143 e. The van der Waals surface area contributed by atoms with Crippen LogP contribution in [0.25, 0.3) is 44.3 Å². The van der Waals surface area contributed by atoms with Crippen molar-refractivity contribution >= 4 is 21.9 Å². The zero-order valence-corrected chi connectivity index (χ0v) is 16.9. The molecule has 0 saturated heterocycles. The van der Waals surface area contributed by atoms with E-state index in [9.17, 15) is 5.26 Å². The minimum Gasteiger partial charge on any atom is -0.455 e. The van der Waals surface area contributed by atoms with E-state index >= 15 is 0 Å². The molecule has 0 radical (unpaired) electrons. The summed E-state index contributed by atoms with van der Waals surface area (Å²) in [4.78, 5) is 4.56. The van der Waals surface area contributed by atoms with E-state index in [0.717, 1.165) is 44.3 Å². The van der Waals surface area contributed by atoms with Crippen molar-refractivity contribution in [3.8, 4) is 28.5 Å². The van der Waals surface area contributed by atoms with Gasteiger partial charge >= 0.3 is 0 Å². The zero-order valence-electron chi connectivity index (χ0n) is 16.9. The summed E-state index contributed by atoms with van der Waals surface area (Å²) in [5.74, 6) is 0.444. The maximum absolute atomic E-state index is 9.55. The molecule has 2 aromatic heterocycles. The van der Waals surface area contributed by atoms with E-state index in [2.05, 4.69) is 49.2 Å². The number of pyridine rings is 1. The summed E-state index contributed by atoms with van der Waals surface area (Å²) in [5.41, 5.74) is 7.40. The van der Waals surface area contributed by atoms with Gasteiger partial charge in [0, 0.05) is 28.1 Å². The Labute approximate surface area is 175 Å². The molecule has 144 valence electrons. The van der Waals surface area contributed by atoms with Crippen LogP contribution in [0.15, 0.2) is 83.4 Å². The van der Waals surface area contributed by atoms with Crippen molar-refractivity contribution in [1.29, 1.82) is 5.26 Å². The van der Waals surface area contributed by atoms with Gasteiger partial charge in [0.25, 0.3) is 0 Å². The number of hydrogen-bond acceptors (Lipinski definition) is 3. The van der Waals surface area contributed by atoms with Crippen molar-refractivity contribution in [2.75, 3.05) is 0 Å². The van der Waals surface area contributed by atoms with Crippen molar-refractivity contribution in [3.63, 3.8) is 0 Å². The number of aromatic nitrogens is 1. The fraction of sp³-hybridized carbons (Fsp3) is 0.111. The highest BCUT2D eigenvalue weighted by Crippen LogP contribution is 2.38. The van der Waals surface area contributed by atoms with Crippen molar-refractivity contribution in [1.82, 2.24) is 4.98 Å². The molecule has 3 heteroatoms. The molecule has 0 atom stereocenters. The summed E-state index contributed by atoms with van der Waals surface area (Å²) in [6.45, 7) is 4.36. The minimum absolute atomic E-state index is 0.444. The minimum atomic E-state index is 0.444. The molecule has 0 fully saturated rings. The van der Waals surface area contributed by atoms with Crippen LogP contribution >= 0.6 is 0 Å². The summed E-state index contributed by atoms with van der Waals surface area (Å²) in [6.07, 6.45) is 1.86. The average Bonchev–Trinajstić information content (AvgIpc) is 3.16. The van der Waals surface area contributed by atoms with E-state index in [1.807, 2.05) is 54.7 Å². The van der Waals surface area contributed by atoms with Gasteiger partial charge in [0.1, 0.15) is 11.2 Å². The highest BCUT2D eigenvalue weighted by atomic mass is 16.3. The summed E-state index contributed by atoms with van der Waals surface area (Å²) in [7, 11) is 0. The largest absolute Gasteiger partial charge is 0.455 e. The van der Waals surface area contributed by atoms with Gasteiger partial charge in [-0.3, -0.25) is 4.98 Å². The Hall–Kier alpha value is -3.90. The number of nitrogens with zero attached hydrogens (tertiary/aromatic N) is 2. The Balaban J connectivity index is 1.74. The topological polar surface area (TPSA) is 49.8 Å². The maximum Gasteiger partial charge on any atom is 0.143 e. The van der Waals surface area contributed by atoms with Crippen molar-refractivity contribution < 1.29 is 4.42 Å². The van der Waals surface area contributed by atoms with Crippen LogP contribution in [0.3, 0.4) is 0 Å². The van der Waals surface area contributed by atoms with Gasteiger partial charge in [-0.15, -0.1) is 0 Å². The predicted octanol–water partition coefficient (Wildman–Crippen LogP) is 7.31. The first-order valence-corrected chi connectivity index (χ1v) is 10.1. The van der Waals surface area contributed by atoms with E-state index in [1.54, 1.807) is 0 Å². The average molecular weight is 388 g/mol. The van der Waals surface area contributed by atoms with Crippen LogP contribution in [0, 0.1) is 11.3 Å². The molecule has 30 heavy (non-hydrogen) atoms. The fourth-order valence-corrected chi connectivity index (χ4v) is 3.90. The summed E-state index contributed by atoms with van der Waals surface area (Å²) in [6, 6.07) is 26.5. The van der Waals surface area contributed by atoms with E-state index in [1.165, 1.54) is 5.56 Å². The monoisotopic (exact) mass is 388 g/mol. The van der Waals surface area contributed by atoms with Gasteiger partial charge in [0.15, 0.2) is 0 Å². The highest BCUT2D eigenvalue weighted by Gasteiger charge is 2.15. The Kier molecular flexibility index (Phi) is 4.34. The first-order chi connectivity index (χ1) is 14.6. The highest BCUT2D eigenvalue weighted by molar-refractivity contribution is 6.10. The van der Waals surface area contributed by atoms with E-state index in [0.29, 0.717) is 11.5 Å². The normalized spacial score (nSPS) is 11.3. The molecule has 0 aliphatic carbocycles. The third-order valence-corrected chi connectivity index (χ3v) is 5.53. The van der Waals surface area contributed by atoms with Crippen molar-refractivity contribution in [3.05, 3.63) is 90.1 Å². The molecule has 0 saturated carbocycles. The summed E-state index contributed by atoms with van der Waals surface area (Å²) < 4.78 is 6.34. The van der Waals surface area contributed by atoms with Crippen LogP contribution in [0.1, 0.15) is 30.9 Å². The van der Waals surface area contributed by atoms with Crippen LogP contribution in [0.5, 0.6) is 0 Å². The predicted molar refractivity (Wildman–Crippen MR) is 121 cm³/mol. The Bertz CT molecular complexity index is 1420. The number of nitriles is 1. The number of fused-ring (bicyclic) bond motifs is 3. The van der Waals surface area contributed by atoms with E-state index in [4.69, 9.17) is 4.42 Å². The quantitative estimate of drug-likeness (QED) is 0.325.